The lowest BCUT2D eigenvalue weighted by atomic mass is 10.1. The number of rotatable bonds is 4. The molecule has 96 valence electrons. The fourth-order valence-corrected chi connectivity index (χ4v) is 2.47. The van der Waals surface area contributed by atoms with Crippen molar-refractivity contribution >= 4 is 11.3 Å². The van der Waals surface area contributed by atoms with E-state index in [0.717, 1.165) is 15.6 Å². The molecule has 0 unspecified atom stereocenters. The number of methoxy groups -OCH3 is 1. The molecule has 2 rings (SSSR count). The molecule has 0 radical (unpaired) electrons. The Balaban J connectivity index is 2.23. The molecule has 0 aliphatic carbocycles. The van der Waals surface area contributed by atoms with Crippen LogP contribution >= 0.6 is 11.3 Å². The Morgan fingerprint density at radius 3 is 2.22 bits per heavy atom. The second kappa shape index (κ2) is 5.59. The van der Waals surface area contributed by atoms with E-state index in [-0.39, 0.29) is 6.10 Å². The van der Waals surface area contributed by atoms with Crippen LogP contribution in [0.4, 0.5) is 0 Å². The van der Waals surface area contributed by atoms with Crippen molar-refractivity contribution in [2.75, 3.05) is 7.11 Å². The molecule has 18 heavy (non-hydrogen) atoms. The summed E-state index contributed by atoms with van der Waals surface area (Å²) in [5, 5.41) is 10.5. The second-order valence-corrected chi connectivity index (χ2v) is 5.61. The molecular weight excluding hydrogens is 244 g/mol. The summed E-state index contributed by atoms with van der Waals surface area (Å²) in [5.74, 6) is 0.434. The zero-order chi connectivity index (χ0) is 13.1. The number of hydrogen-bond acceptors (Lipinski definition) is 4. The molecule has 1 heterocycles. The lowest BCUT2D eigenvalue weighted by Gasteiger charge is -2.09. The summed E-state index contributed by atoms with van der Waals surface area (Å²) in [5.41, 5.74) is 2.29. The largest absolute Gasteiger partial charge is 0.377 e. The molecule has 1 aromatic carbocycles. The lowest BCUT2D eigenvalue weighted by molar-refractivity contribution is 0.119. The van der Waals surface area contributed by atoms with Crippen LogP contribution in [0.1, 0.15) is 43.4 Å². The summed E-state index contributed by atoms with van der Waals surface area (Å²) < 4.78 is 5.29. The van der Waals surface area contributed by atoms with E-state index < -0.39 is 0 Å². The molecule has 0 N–H and O–H groups in total. The van der Waals surface area contributed by atoms with Crippen LogP contribution in [0.25, 0.3) is 10.6 Å². The van der Waals surface area contributed by atoms with Crippen LogP contribution in [0.3, 0.4) is 0 Å². The Hall–Kier alpha value is -1.26. The maximum Gasteiger partial charge on any atom is 0.147 e. The summed E-state index contributed by atoms with van der Waals surface area (Å²) in [6.45, 7) is 6.30. The van der Waals surface area contributed by atoms with Crippen molar-refractivity contribution in [3.63, 3.8) is 0 Å². The van der Waals surface area contributed by atoms with Gasteiger partial charge in [0.05, 0.1) is 6.10 Å². The number of ether oxygens (including phenoxy) is 1. The van der Waals surface area contributed by atoms with Crippen LogP contribution in [0.5, 0.6) is 0 Å². The van der Waals surface area contributed by atoms with Gasteiger partial charge in [0.2, 0.25) is 0 Å². The second-order valence-electron chi connectivity index (χ2n) is 4.60. The molecular formula is C14H18N2OS. The molecule has 0 aliphatic heterocycles. The lowest BCUT2D eigenvalue weighted by Crippen LogP contribution is -1.94. The molecule has 4 heteroatoms. The first kappa shape index (κ1) is 13.2. The Kier molecular flexibility index (Phi) is 4.09. The van der Waals surface area contributed by atoms with Gasteiger partial charge in [0.1, 0.15) is 10.0 Å². The van der Waals surface area contributed by atoms with Crippen LogP contribution in [-0.4, -0.2) is 17.3 Å². The normalized spacial score (nSPS) is 12.9. The van der Waals surface area contributed by atoms with Crippen molar-refractivity contribution in [3.8, 4) is 10.6 Å². The Bertz CT molecular complexity index is 505. The molecule has 0 saturated heterocycles. The van der Waals surface area contributed by atoms with Gasteiger partial charge < -0.3 is 4.74 Å². The highest BCUT2D eigenvalue weighted by atomic mass is 32.1. The van der Waals surface area contributed by atoms with Gasteiger partial charge in [-0.3, -0.25) is 0 Å². The number of hydrogen-bond donors (Lipinski definition) is 0. The number of nitrogens with zero attached hydrogens (tertiary/aromatic N) is 2. The highest BCUT2D eigenvalue weighted by Crippen LogP contribution is 2.28. The molecule has 3 nitrogen and oxygen atoms in total. The maximum atomic E-state index is 5.29. The van der Waals surface area contributed by atoms with Crippen LogP contribution < -0.4 is 0 Å². The summed E-state index contributed by atoms with van der Waals surface area (Å²) in [7, 11) is 1.72. The van der Waals surface area contributed by atoms with Crippen LogP contribution in [-0.2, 0) is 4.74 Å². The van der Waals surface area contributed by atoms with E-state index in [9.17, 15) is 0 Å². The molecule has 0 saturated carbocycles. The van der Waals surface area contributed by atoms with Crippen LogP contribution in [0.15, 0.2) is 24.3 Å². The van der Waals surface area contributed by atoms with E-state index in [1.807, 2.05) is 6.92 Å². The molecule has 0 amide bonds. The van der Waals surface area contributed by atoms with Crippen LogP contribution in [0.2, 0.25) is 0 Å². The molecule has 1 atom stereocenters. The number of benzene rings is 1. The van der Waals surface area contributed by atoms with Crippen molar-refractivity contribution in [1.82, 2.24) is 10.2 Å². The fourth-order valence-electron chi connectivity index (χ4n) is 1.62. The average molecular weight is 262 g/mol. The van der Waals surface area contributed by atoms with E-state index in [0.29, 0.717) is 5.92 Å². The zero-order valence-electron chi connectivity index (χ0n) is 11.2. The van der Waals surface area contributed by atoms with Gasteiger partial charge in [0, 0.05) is 18.6 Å². The molecule has 0 fully saturated rings. The van der Waals surface area contributed by atoms with Crippen molar-refractivity contribution in [2.24, 2.45) is 0 Å². The van der Waals surface area contributed by atoms with E-state index in [4.69, 9.17) is 4.74 Å². The third-order valence-corrected chi connectivity index (χ3v) is 4.19. The third kappa shape index (κ3) is 2.76. The predicted octanol–water partition coefficient (Wildman–Crippen LogP) is 4.04. The monoisotopic (exact) mass is 262 g/mol. The molecule has 1 aromatic heterocycles. The van der Waals surface area contributed by atoms with Gasteiger partial charge in [-0.25, -0.2) is 0 Å². The van der Waals surface area contributed by atoms with Gasteiger partial charge >= 0.3 is 0 Å². The van der Waals surface area contributed by atoms with Crippen molar-refractivity contribution < 1.29 is 4.74 Å². The summed E-state index contributed by atoms with van der Waals surface area (Å²) in [6.07, 6.45) is 0.125. The Morgan fingerprint density at radius 1 is 1.06 bits per heavy atom. The topological polar surface area (TPSA) is 35.0 Å². The first-order valence-electron chi connectivity index (χ1n) is 6.08. The zero-order valence-corrected chi connectivity index (χ0v) is 12.0. The SMILES string of the molecule is CO[C@@H](C)c1ccc(-c2nnc(C(C)C)s2)cc1. The first-order valence-corrected chi connectivity index (χ1v) is 6.90. The van der Waals surface area contributed by atoms with E-state index in [1.54, 1.807) is 18.4 Å². The Morgan fingerprint density at radius 2 is 1.72 bits per heavy atom. The minimum Gasteiger partial charge on any atom is -0.377 e. The quantitative estimate of drug-likeness (QED) is 0.834. The standard InChI is InChI=1S/C14H18N2OS/c1-9(2)13-15-16-14(18-13)12-7-5-11(6-8-12)10(3)17-4/h5-10H,1-4H3/t10-/m0/s1. The van der Waals surface area contributed by atoms with Gasteiger partial charge in [0.25, 0.3) is 0 Å². The van der Waals surface area contributed by atoms with Crippen LogP contribution in [0, 0.1) is 0 Å². The van der Waals surface area contributed by atoms with E-state index in [1.165, 1.54) is 5.56 Å². The highest BCUT2D eigenvalue weighted by Gasteiger charge is 2.10. The van der Waals surface area contributed by atoms with Crippen molar-refractivity contribution in [1.29, 1.82) is 0 Å². The molecule has 0 aliphatic rings. The van der Waals surface area contributed by atoms with Crippen molar-refractivity contribution in [3.05, 3.63) is 34.8 Å². The summed E-state index contributed by atoms with van der Waals surface area (Å²) >= 11 is 1.66. The molecule has 0 bridgehead atoms. The van der Waals surface area contributed by atoms with Gasteiger partial charge in [-0.15, -0.1) is 10.2 Å². The van der Waals surface area contributed by atoms with Crippen molar-refractivity contribution in [2.45, 2.75) is 32.8 Å². The highest BCUT2D eigenvalue weighted by molar-refractivity contribution is 7.14. The molecule has 2 aromatic rings. The first-order chi connectivity index (χ1) is 8.61. The van der Waals surface area contributed by atoms with Gasteiger partial charge in [-0.1, -0.05) is 49.4 Å². The minimum absolute atomic E-state index is 0.125. The smallest absolute Gasteiger partial charge is 0.147 e. The minimum atomic E-state index is 0.125. The fraction of sp³-hybridized carbons (Fsp3) is 0.429. The summed E-state index contributed by atoms with van der Waals surface area (Å²) in [4.78, 5) is 0. The maximum absolute atomic E-state index is 5.29. The third-order valence-electron chi connectivity index (χ3n) is 2.92. The van der Waals surface area contributed by atoms with E-state index in [2.05, 4.69) is 48.3 Å². The Labute approximate surface area is 112 Å². The van der Waals surface area contributed by atoms with Gasteiger partial charge in [0.15, 0.2) is 0 Å². The summed E-state index contributed by atoms with van der Waals surface area (Å²) in [6, 6.07) is 8.32. The van der Waals surface area contributed by atoms with E-state index >= 15 is 0 Å². The predicted molar refractivity (Wildman–Crippen MR) is 74.9 cm³/mol. The molecule has 0 spiro atoms. The van der Waals surface area contributed by atoms with Gasteiger partial charge in [-0.05, 0) is 12.5 Å². The average Bonchev–Trinajstić information content (AvgIpc) is 2.88. The van der Waals surface area contributed by atoms with Gasteiger partial charge in [-0.2, -0.15) is 0 Å². The number of aromatic nitrogens is 2.